The quantitative estimate of drug-likeness (QED) is 0.204. The molecule has 164 valence electrons. The summed E-state index contributed by atoms with van der Waals surface area (Å²) in [5.41, 5.74) is 2.40. The molecule has 0 atom stereocenters. The molecule has 32 heavy (non-hydrogen) atoms. The van der Waals surface area contributed by atoms with Gasteiger partial charge in [-0.25, -0.2) is 4.99 Å². The molecule has 0 spiro atoms. The minimum atomic E-state index is -0.487. The lowest BCUT2D eigenvalue weighted by molar-refractivity contribution is -0.385. The zero-order valence-corrected chi connectivity index (χ0v) is 18.6. The molecule has 1 heterocycles. The molecule has 0 N–H and O–H groups in total. The van der Waals surface area contributed by atoms with Crippen molar-refractivity contribution in [1.82, 2.24) is 0 Å². The Kier molecular flexibility index (Phi) is 6.32. The number of thiophene rings is 1. The number of ether oxygens (including phenoxy) is 2. The second-order valence-corrected chi connectivity index (χ2v) is 8.45. The number of nitro benzene ring substituents is 1. The molecule has 1 aromatic heterocycles. The minimum absolute atomic E-state index is 0.0704. The highest BCUT2D eigenvalue weighted by atomic mass is 32.1. The Bertz CT molecular complexity index is 1200. The fourth-order valence-corrected chi connectivity index (χ4v) is 5.11. The summed E-state index contributed by atoms with van der Waals surface area (Å²) in [6.07, 6.45) is 5.30. The van der Waals surface area contributed by atoms with Crippen molar-refractivity contribution in [3.8, 4) is 11.5 Å². The summed E-state index contributed by atoms with van der Waals surface area (Å²) < 4.78 is 10.5. The maximum atomic E-state index is 13.4. The molecule has 2 aromatic carbocycles. The molecule has 0 unspecified atom stereocenters. The first-order valence-electron chi connectivity index (χ1n) is 10.2. The Balaban J connectivity index is 1.81. The topological polar surface area (TPSA) is 91.0 Å². The van der Waals surface area contributed by atoms with Gasteiger partial charge in [-0.1, -0.05) is 30.3 Å². The van der Waals surface area contributed by atoms with E-state index in [-0.39, 0.29) is 22.8 Å². The molecule has 4 rings (SSSR count). The minimum Gasteiger partial charge on any atom is -0.493 e. The number of hydrogen-bond donors (Lipinski definition) is 0. The first-order chi connectivity index (χ1) is 15.5. The molecule has 0 aliphatic heterocycles. The van der Waals surface area contributed by atoms with Crippen molar-refractivity contribution in [1.29, 1.82) is 0 Å². The van der Waals surface area contributed by atoms with E-state index in [1.165, 1.54) is 48.8 Å². The Morgan fingerprint density at radius 1 is 1.09 bits per heavy atom. The Hall–Kier alpha value is -3.52. The zero-order chi connectivity index (χ0) is 22.7. The summed E-state index contributed by atoms with van der Waals surface area (Å²) in [5, 5.41) is 12.2. The van der Waals surface area contributed by atoms with Crippen molar-refractivity contribution in [2.75, 3.05) is 14.2 Å². The highest BCUT2D eigenvalue weighted by molar-refractivity contribution is 7.16. The maximum absolute atomic E-state index is 13.4. The summed E-state index contributed by atoms with van der Waals surface area (Å²) in [5.74, 6) is 0.562. The number of aliphatic imine (C=N–C) groups is 1. The SMILES string of the molecule is COc1cc(C=Nc2sc3c(c2C(=O)c2ccccc2)CCCC3)c([N+](=O)[O-])cc1OC. The smallest absolute Gasteiger partial charge is 0.282 e. The van der Waals surface area contributed by atoms with Crippen molar-refractivity contribution < 1.29 is 19.2 Å². The molecule has 0 radical (unpaired) electrons. The van der Waals surface area contributed by atoms with Gasteiger partial charge in [0.2, 0.25) is 0 Å². The predicted molar refractivity (Wildman–Crippen MR) is 124 cm³/mol. The van der Waals surface area contributed by atoms with E-state index in [0.29, 0.717) is 21.9 Å². The average Bonchev–Trinajstić information content (AvgIpc) is 3.20. The summed E-state index contributed by atoms with van der Waals surface area (Å²) in [6.45, 7) is 0. The molecule has 0 fully saturated rings. The van der Waals surface area contributed by atoms with Crippen molar-refractivity contribution >= 4 is 34.0 Å². The average molecular weight is 451 g/mol. The van der Waals surface area contributed by atoms with E-state index < -0.39 is 4.92 Å². The lowest BCUT2D eigenvalue weighted by atomic mass is 9.92. The van der Waals surface area contributed by atoms with Crippen LogP contribution in [0.1, 0.15) is 44.8 Å². The first kappa shape index (κ1) is 21.7. The molecule has 7 nitrogen and oxygen atoms in total. The maximum Gasteiger partial charge on any atom is 0.282 e. The highest BCUT2D eigenvalue weighted by Gasteiger charge is 2.26. The van der Waals surface area contributed by atoms with Crippen LogP contribution in [0.5, 0.6) is 11.5 Å². The zero-order valence-electron chi connectivity index (χ0n) is 17.8. The molecule has 1 aliphatic carbocycles. The Morgan fingerprint density at radius 3 is 2.47 bits per heavy atom. The third-order valence-electron chi connectivity index (χ3n) is 5.47. The van der Waals surface area contributed by atoms with Crippen molar-refractivity contribution in [3.05, 3.63) is 79.7 Å². The molecule has 3 aromatic rings. The third-order valence-corrected chi connectivity index (χ3v) is 6.67. The van der Waals surface area contributed by atoms with Crippen LogP contribution in [0.25, 0.3) is 0 Å². The van der Waals surface area contributed by atoms with E-state index in [1.807, 2.05) is 18.2 Å². The number of ketones is 1. The van der Waals surface area contributed by atoms with E-state index in [2.05, 4.69) is 4.99 Å². The standard InChI is InChI=1S/C24H22N2O5S/c1-30-19-12-16(18(26(28)29)13-20(19)31-2)14-25-24-22(17-10-6-7-11-21(17)32-24)23(27)15-8-4-3-5-9-15/h3-5,8-9,12-14H,6-7,10-11H2,1-2H3. The van der Waals surface area contributed by atoms with Crippen molar-refractivity contribution in [2.45, 2.75) is 25.7 Å². The second-order valence-electron chi connectivity index (χ2n) is 7.37. The lowest BCUT2D eigenvalue weighted by Crippen LogP contribution is -2.07. The van der Waals surface area contributed by atoms with Crippen LogP contribution < -0.4 is 9.47 Å². The molecule has 0 amide bonds. The number of benzene rings is 2. The molecule has 0 saturated heterocycles. The van der Waals surface area contributed by atoms with Gasteiger partial charge in [0, 0.05) is 16.7 Å². The van der Waals surface area contributed by atoms with Gasteiger partial charge in [0.1, 0.15) is 5.00 Å². The monoisotopic (exact) mass is 450 g/mol. The molecule has 1 aliphatic rings. The van der Waals surface area contributed by atoms with E-state index in [1.54, 1.807) is 12.1 Å². The number of fused-ring (bicyclic) bond motifs is 1. The van der Waals surface area contributed by atoms with Crippen LogP contribution in [-0.2, 0) is 12.8 Å². The van der Waals surface area contributed by atoms with E-state index in [9.17, 15) is 14.9 Å². The molecule has 0 saturated carbocycles. The fourth-order valence-electron chi connectivity index (χ4n) is 3.88. The van der Waals surface area contributed by atoms with Gasteiger partial charge in [-0.2, -0.15) is 0 Å². The van der Waals surface area contributed by atoms with Gasteiger partial charge in [-0.05, 0) is 37.3 Å². The van der Waals surface area contributed by atoms with Crippen LogP contribution in [0.2, 0.25) is 0 Å². The predicted octanol–water partition coefficient (Wildman–Crippen LogP) is 5.53. The van der Waals surface area contributed by atoms with Crippen LogP contribution in [0, 0.1) is 10.1 Å². The summed E-state index contributed by atoms with van der Waals surface area (Å²) in [7, 11) is 2.89. The largest absolute Gasteiger partial charge is 0.493 e. The number of carbonyl (C=O) groups is 1. The van der Waals surface area contributed by atoms with Gasteiger partial charge in [0.15, 0.2) is 17.3 Å². The van der Waals surface area contributed by atoms with Gasteiger partial charge in [-0.3, -0.25) is 14.9 Å². The van der Waals surface area contributed by atoms with Crippen LogP contribution in [0.3, 0.4) is 0 Å². The second kappa shape index (κ2) is 9.32. The van der Waals surface area contributed by atoms with Crippen LogP contribution in [0.4, 0.5) is 10.7 Å². The lowest BCUT2D eigenvalue weighted by Gasteiger charge is -2.12. The molecular weight excluding hydrogens is 428 g/mol. The van der Waals surface area contributed by atoms with E-state index in [0.717, 1.165) is 31.2 Å². The van der Waals surface area contributed by atoms with Crippen LogP contribution in [-0.4, -0.2) is 31.1 Å². The summed E-state index contributed by atoms with van der Waals surface area (Å²) in [6, 6.07) is 12.0. The Labute approximate surface area is 189 Å². The van der Waals surface area contributed by atoms with Gasteiger partial charge >= 0.3 is 0 Å². The summed E-state index contributed by atoms with van der Waals surface area (Å²) >= 11 is 1.49. The van der Waals surface area contributed by atoms with Crippen LogP contribution in [0.15, 0.2) is 47.5 Å². The van der Waals surface area contributed by atoms with Crippen LogP contribution >= 0.6 is 11.3 Å². The number of nitrogens with zero attached hydrogens (tertiary/aromatic N) is 2. The number of aryl methyl sites for hydroxylation is 1. The van der Waals surface area contributed by atoms with E-state index in [4.69, 9.17) is 9.47 Å². The van der Waals surface area contributed by atoms with Crippen molar-refractivity contribution in [2.24, 2.45) is 4.99 Å². The van der Waals surface area contributed by atoms with Gasteiger partial charge < -0.3 is 9.47 Å². The fraction of sp³-hybridized carbons (Fsp3) is 0.250. The summed E-state index contributed by atoms with van der Waals surface area (Å²) in [4.78, 5) is 30.2. The molecule has 8 heteroatoms. The highest BCUT2D eigenvalue weighted by Crippen LogP contribution is 2.41. The molecular formula is C24H22N2O5S. The van der Waals surface area contributed by atoms with E-state index >= 15 is 0 Å². The van der Waals surface area contributed by atoms with Crippen molar-refractivity contribution in [3.63, 3.8) is 0 Å². The number of carbonyl (C=O) groups excluding carboxylic acids is 1. The third kappa shape index (κ3) is 4.13. The molecule has 0 bridgehead atoms. The van der Waals surface area contributed by atoms with Gasteiger partial charge in [0.25, 0.3) is 5.69 Å². The normalized spacial score (nSPS) is 13.1. The number of hydrogen-bond acceptors (Lipinski definition) is 7. The Morgan fingerprint density at radius 2 is 1.78 bits per heavy atom. The first-order valence-corrected chi connectivity index (χ1v) is 11.0. The van der Waals surface area contributed by atoms with Gasteiger partial charge in [0.05, 0.1) is 36.3 Å². The number of rotatable bonds is 7. The number of methoxy groups -OCH3 is 2. The number of nitro groups is 1. The van der Waals surface area contributed by atoms with Gasteiger partial charge in [-0.15, -0.1) is 11.3 Å².